The Bertz CT molecular complexity index is 1280. The van der Waals surface area contributed by atoms with Crippen molar-refractivity contribution in [3.05, 3.63) is 93.5 Å². The van der Waals surface area contributed by atoms with Gasteiger partial charge in [-0.15, -0.1) is 0 Å². The van der Waals surface area contributed by atoms with Crippen LogP contribution in [0.15, 0.2) is 65.6 Å². The Balaban J connectivity index is 0.00000231. The van der Waals surface area contributed by atoms with Crippen LogP contribution in [0, 0.1) is 6.92 Å². The first-order valence-electron chi connectivity index (χ1n) is 10.3. The van der Waals surface area contributed by atoms with Gasteiger partial charge in [0.1, 0.15) is 12.4 Å². The fourth-order valence-corrected chi connectivity index (χ4v) is 4.26. The summed E-state index contributed by atoms with van der Waals surface area (Å²) in [5.74, 6) is 0.582. The summed E-state index contributed by atoms with van der Waals surface area (Å²) in [6, 6.07) is 17.9. The number of benzene rings is 2. The number of nitrogens with zero attached hydrogens (tertiary/aromatic N) is 2. The molecule has 4 aromatic rings. The van der Waals surface area contributed by atoms with Gasteiger partial charge in [-0.2, -0.15) is 0 Å². The molecule has 5 nitrogen and oxygen atoms in total. The van der Waals surface area contributed by atoms with Crippen molar-refractivity contribution in [2.45, 2.75) is 33.9 Å². The smallest absolute Gasteiger partial charge is 0.258 e. The minimum Gasteiger partial charge on any atom is -0.489 e. The van der Waals surface area contributed by atoms with Crippen molar-refractivity contribution in [2.75, 3.05) is 6.54 Å². The van der Waals surface area contributed by atoms with E-state index in [1.54, 1.807) is 16.8 Å². The highest BCUT2D eigenvalue weighted by atomic mass is 16.5. The Hall–Kier alpha value is -3.31. The molecule has 3 heterocycles. The normalized spacial score (nSPS) is 13.0. The zero-order chi connectivity index (χ0) is 20.7. The Labute approximate surface area is 182 Å². The number of rotatable bonds is 4. The molecule has 2 aromatic heterocycles. The lowest BCUT2D eigenvalue weighted by Crippen LogP contribution is -2.24. The summed E-state index contributed by atoms with van der Waals surface area (Å²) in [5.41, 5.74) is 6.98. The monoisotopic (exact) mass is 415 g/mol. The largest absolute Gasteiger partial charge is 0.489 e. The summed E-state index contributed by atoms with van der Waals surface area (Å²) in [5, 5.41) is 4.71. The third-order valence-electron chi connectivity index (χ3n) is 5.96. The van der Waals surface area contributed by atoms with Gasteiger partial charge in [-0.3, -0.25) is 9.36 Å². The van der Waals surface area contributed by atoms with Crippen LogP contribution in [0.2, 0.25) is 0 Å². The van der Waals surface area contributed by atoms with Crippen molar-refractivity contribution in [1.29, 1.82) is 0 Å². The first-order chi connectivity index (χ1) is 14.6. The molecule has 160 valence electrons. The van der Waals surface area contributed by atoms with Crippen LogP contribution in [-0.2, 0) is 26.6 Å². The number of fused-ring (bicyclic) bond motifs is 3. The Morgan fingerprint density at radius 2 is 1.87 bits per heavy atom. The minimum atomic E-state index is -0.101. The summed E-state index contributed by atoms with van der Waals surface area (Å²) in [6.07, 6.45) is 2.82. The molecule has 0 saturated carbocycles. The van der Waals surface area contributed by atoms with Gasteiger partial charge in [0.25, 0.3) is 5.56 Å². The van der Waals surface area contributed by atoms with Gasteiger partial charge in [0.05, 0.1) is 11.2 Å². The Kier molecular flexibility index (Phi) is 5.70. The Morgan fingerprint density at radius 3 is 2.65 bits per heavy atom. The maximum atomic E-state index is 12.8. The second-order valence-corrected chi connectivity index (χ2v) is 7.96. The molecule has 0 atom stereocenters. The van der Waals surface area contributed by atoms with Crippen LogP contribution in [0.3, 0.4) is 0 Å². The molecule has 0 amide bonds. The average molecular weight is 416 g/mol. The summed E-state index contributed by atoms with van der Waals surface area (Å²) in [4.78, 5) is 12.8. The predicted octanol–water partition coefficient (Wildman–Crippen LogP) is 4.50. The molecule has 1 aliphatic heterocycles. The lowest BCUT2D eigenvalue weighted by molar-refractivity contribution is 0.305. The quantitative estimate of drug-likeness (QED) is 0.534. The van der Waals surface area contributed by atoms with E-state index in [-0.39, 0.29) is 13.0 Å². The van der Waals surface area contributed by atoms with E-state index in [0.717, 1.165) is 36.3 Å². The highest BCUT2D eigenvalue weighted by Gasteiger charge is 2.18. The van der Waals surface area contributed by atoms with Crippen LogP contribution < -0.4 is 15.6 Å². The van der Waals surface area contributed by atoms with Crippen molar-refractivity contribution < 1.29 is 4.74 Å². The fraction of sp³-hybridized carbons (Fsp3) is 0.269. The van der Waals surface area contributed by atoms with E-state index >= 15 is 0 Å². The number of hydrogen-bond acceptors (Lipinski definition) is 3. The van der Waals surface area contributed by atoms with Gasteiger partial charge in [0.2, 0.25) is 0 Å². The van der Waals surface area contributed by atoms with Gasteiger partial charge in [-0.1, -0.05) is 43.3 Å². The molecule has 0 aliphatic carbocycles. The highest BCUT2D eigenvalue weighted by Crippen LogP contribution is 2.29. The molecule has 0 spiro atoms. The van der Waals surface area contributed by atoms with E-state index < -0.39 is 0 Å². The Morgan fingerprint density at radius 1 is 1.06 bits per heavy atom. The minimum absolute atomic E-state index is 0. The first-order valence-corrected chi connectivity index (χ1v) is 10.3. The molecule has 0 radical (unpaired) electrons. The molecule has 0 bridgehead atoms. The van der Waals surface area contributed by atoms with Crippen LogP contribution in [0.1, 0.15) is 29.8 Å². The molecular formula is C26H29N3O2. The molecule has 0 saturated heterocycles. The third-order valence-corrected chi connectivity index (χ3v) is 5.96. The lowest BCUT2D eigenvalue weighted by Gasteiger charge is -2.14. The average Bonchev–Trinajstić information content (AvgIpc) is 3.05. The zero-order valence-electron chi connectivity index (χ0n) is 17.3. The summed E-state index contributed by atoms with van der Waals surface area (Å²) < 4.78 is 9.76. The summed E-state index contributed by atoms with van der Waals surface area (Å²) in [7, 11) is 2.11. The van der Waals surface area contributed by atoms with Gasteiger partial charge >= 0.3 is 0 Å². The number of aryl methyl sites for hydroxylation is 2. The highest BCUT2D eigenvalue weighted by molar-refractivity contribution is 5.87. The number of pyridine rings is 1. The SMILES string of the molecule is C.Cc1ccc(COc2ccn(-c3ccc4c5c(n(C)c4c3)CCNC5)c(=O)c2)cc1. The van der Waals surface area contributed by atoms with Gasteiger partial charge in [0, 0.05) is 49.9 Å². The molecule has 5 rings (SSSR count). The van der Waals surface area contributed by atoms with Gasteiger partial charge in [-0.25, -0.2) is 0 Å². The maximum absolute atomic E-state index is 12.8. The summed E-state index contributed by atoms with van der Waals surface area (Å²) >= 11 is 0. The second kappa shape index (κ2) is 8.44. The fourth-order valence-electron chi connectivity index (χ4n) is 4.26. The maximum Gasteiger partial charge on any atom is 0.258 e. The van der Waals surface area contributed by atoms with E-state index in [4.69, 9.17) is 4.74 Å². The number of hydrogen-bond donors (Lipinski definition) is 1. The molecule has 31 heavy (non-hydrogen) atoms. The van der Waals surface area contributed by atoms with Crippen LogP contribution >= 0.6 is 0 Å². The molecule has 0 unspecified atom stereocenters. The van der Waals surface area contributed by atoms with E-state index in [1.807, 2.05) is 24.3 Å². The first kappa shape index (κ1) is 20.9. The predicted molar refractivity (Wildman–Crippen MR) is 126 cm³/mol. The van der Waals surface area contributed by atoms with Gasteiger partial charge < -0.3 is 14.6 Å². The third kappa shape index (κ3) is 3.89. The lowest BCUT2D eigenvalue weighted by atomic mass is 10.1. The van der Waals surface area contributed by atoms with Crippen molar-refractivity contribution in [2.24, 2.45) is 7.05 Å². The summed E-state index contributed by atoms with van der Waals surface area (Å²) in [6.45, 7) is 4.41. The molecule has 1 aliphatic rings. The van der Waals surface area contributed by atoms with E-state index in [0.29, 0.717) is 12.4 Å². The molecule has 5 heteroatoms. The second-order valence-electron chi connectivity index (χ2n) is 7.96. The van der Waals surface area contributed by atoms with Crippen LogP contribution in [0.25, 0.3) is 16.6 Å². The van der Waals surface area contributed by atoms with Crippen LogP contribution in [0.5, 0.6) is 5.75 Å². The topological polar surface area (TPSA) is 48.2 Å². The van der Waals surface area contributed by atoms with E-state index in [9.17, 15) is 4.79 Å². The standard InChI is InChI=1S/C25H25N3O2.CH4/c1-17-3-5-18(6-4-17)16-30-20-10-12-28(25(29)14-20)19-7-8-21-22-15-26-11-9-23(22)27(2)24(21)13-19;/h3-8,10,12-14,26H,9,11,15-16H2,1-2H3;1H4. The van der Waals surface area contributed by atoms with Crippen molar-refractivity contribution in [3.63, 3.8) is 0 Å². The van der Waals surface area contributed by atoms with Crippen molar-refractivity contribution >= 4 is 10.9 Å². The van der Waals surface area contributed by atoms with Crippen LogP contribution in [0.4, 0.5) is 0 Å². The van der Waals surface area contributed by atoms with Crippen molar-refractivity contribution in [1.82, 2.24) is 14.5 Å². The van der Waals surface area contributed by atoms with Gasteiger partial charge in [-0.05, 0) is 36.2 Å². The van der Waals surface area contributed by atoms with E-state index in [2.05, 4.69) is 48.1 Å². The van der Waals surface area contributed by atoms with Crippen LogP contribution in [-0.4, -0.2) is 15.7 Å². The molecular weight excluding hydrogens is 386 g/mol. The number of aromatic nitrogens is 2. The number of ether oxygens (including phenoxy) is 1. The molecule has 0 fully saturated rings. The van der Waals surface area contributed by atoms with Crippen molar-refractivity contribution in [3.8, 4) is 11.4 Å². The molecule has 2 aromatic carbocycles. The zero-order valence-corrected chi connectivity index (χ0v) is 17.3. The van der Waals surface area contributed by atoms with E-state index in [1.165, 1.54) is 22.2 Å². The van der Waals surface area contributed by atoms with Gasteiger partial charge in [0.15, 0.2) is 0 Å². The number of nitrogens with one attached hydrogen (secondary N) is 1. The molecule has 1 N–H and O–H groups in total.